The van der Waals surface area contributed by atoms with Gasteiger partial charge in [-0.25, -0.2) is 9.37 Å². The third kappa shape index (κ3) is 4.66. The van der Waals surface area contributed by atoms with E-state index >= 15 is 0 Å². The summed E-state index contributed by atoms with van der Waals surface area (Å²) in [5.74, 6) is -0.460. The molecule has 2 atom stereocenters. The molecular formula is C30H31FN4O4. The number of carbonyl (C=O) groups excluding carboxylic acids is 2. The van der Waals surface area contributed by atoms with E-state index in [2.05, 4.69) is 10.3 Å². The normalized spacial score (nSPS) is 21.2. The third-order valence-electron chi connectivity index (χ3n) is 8.11. The smallest absolute Gasteiger partial charge is 0.268 e. The first-order valence-electron chi connectivity index (χ1n) is 13.3. The number of amides is 2. The molecule has 0 spiro atoms. The topological polar surface area (TPSA) is 118 Å². The van der Waals surface area contributed by atoms with Gasteiger partial charge in [0.05, 0.1) is 23.5 Å². The molecule has 0 bridgehead atoms. The quantitative estimate of drug-likeness (QED) is 0.388. The fourth-order valence-electron chi connectivity index (χ4n) is 5.78. The second kappa shape index (κ2) is 9.73. The monoisotopic (exact) mass is 530 g/mol. The fourth-order valence-corrected chi connectivity index (χ4v) is 5.78. The molecule has 0 saturated heterocycles. The first kappa shape index (κ1) is 25.5. The van der Waals surface area contributed by atoms with Crippen LogP contribution in [0.1, 0.15) is 42.4 Å². The van der Waals surface area contributed by atoms with E-state index in [9.17, 15) is 19.1 Å². The van der Waals surface area contributed by atoms with Crippen LogP contribution in [-0.2, 0) is 21.8 Å². The molecule has 2 heterocycles. The average Bonchev–Trinajstić information content (AvgIpc) is 3.88. The standard InChI is InChI=1S/C30H31FN4O4/c1-35-24-14-21(34-27(36)26(32)25(18-7-8-18)19-9-10-19)11-12-22(24)30(38,29(35)37)23-13-20(31)15-33-28(23)39-16-17-5-3-2-4-6-17/h2-6,11-15,18-19,25-26,38H,7-10,16,32H2,1H3,(H,34,36)/t26-,30?/m0/s1. The molecule has 3 aliphatic rings. The Hall–Kier alpha value is -3.82. The SMILES string of the molecule is CN1C(=O)C(O)(c2cc(F)cnc2OCc2ccccc2)c2ccc(NC(=O)[C@@H](N)C(C3CC3)C3CC3)cc21. The maximum Gasteiger partial charge on any atom is 0.268 e. The molecule has 2 saturated carbocycles. The van der Waals surface area contributed by atoms with Crippen molar-refractivity contribution < 1.29 is 23.8 Å². The van der Waals surface area contributed by atoms with Crippen molar-refractivity contribution in [3.05, 3.63) is 83.3 Å². The third-order valence-corrected chi connectivity index (χ3v) is 8.11. The number of hydrogen-bond donors (Lipinski definition) is 3. The van der Waals surface area contributed by atoms with Gasteiger partial charge in [-0.3, -0.25) is 9.59 Å². The maximum atomic E-state index is 14.4. The second-order valence-corrected chi connectivity index (χ2v) is 10.9. The van der Waals surface area contributed by atoms with E-state index in [1.54, 1.807) is 18.2 Å². The van der Waals surface area contributed by atoms with E-state index in [-0.39, 0.29) is 35.4 Å². The first-order valence-corrected chi connectivity index (χ1v) is 13.3. The lowest BCUT2D eigenvalue weighted by Gasteiger charge is -2.24. The molecule has 3 aromatic rings. The van der Waals surface area contributed by atoms with E-state index in [1.165, 1.54) is 11.9 Å². The van der Waals surface area contributed by atoms with Gasteiger partial charge in [-0.15, -0.1) is 0 Å². The molecule has 1 aromatic heterocycles. The van der Waals surface area contributed by atoms with Gasteiger partial charge < -0.3 is 25.8 Å². The molecule has 2 aliphatic carbocycles. The van der Waals surface area contributed by atoms with Gasteiger partial charge in [0.15, 0.2) is 0 Å². The summed E-state index contributed by atoms with van der Waals surface area (Å²) in [6.07, 6.45) is 5.48. The van der Waals surface area contributed by atoms with E-state index in [1.807, 2.05) is 30.3 Å². The highest BCUT2D eigenvalue weighted by atomic mass is 19.1. The van der Waals surface area contributed by atoms with E-state index < -0.39 is 23.4 Å². The molecule has 9 heteroatoms. The highest BCUT2D eigenvalue weighted by molar-refractivity contribution is 6.10. The largest absolute Gasteiger partial charge is 0.472 e. The van der Waals surface area contributed by atoms with Crippen LogP contribution in [0.3, 0.4) is 0 Å². The Morgan fingerprint density at radius 2 is 1.85 bits per heavy atom. The van der Waals surface area contributed by atoms with Crippen LogP contribution >= 0.6 is 0 Å². The number of benzene rings is 2. The molecule has 8 nitrogen and oxygen atoms in total. The number of pyridine rings is 1. The lowest BCUT2D eigenvalue weighted by Crippen LogP contribution is -2.43. The molecular weight excluding hydrogens is 499 g/mol. The molecule has 0 radical (unpaired) electrons. The van der Waals surface area contributed by atoms with E-state index in [0.717, 1.165) is 43.5 Å². The number of aromatic nitrogens is 1. The number of nitrogens with two attached hydrogens (primary N) is 1. The van der Waals surface area contributed by atoms with Gasteiger partial charge in [-0.1, -0.05) is 36.4 Å². The summed E-state index contributed by atoms with van der Waals surface area (Å²) in [5, 5.41) is 14.7. The molecule has 1 unspecified atom stereocenters. The molecule has 2 fully saturated rings. The van der Waals surface area contributed by atoms with Gasteiger partial charge in [0.1, 0.15) is 12.4 Å². The van der Waals surface area contributed by atoms with Crippen LogP contribution in [0.25, 0.3) is 0 Å². The minimum Gasteiger partial charge on any atom is -0.472 e. The van der Waals surface area contributed by atoms with Crippen molar-refractivity contribution in [2.45, 2.75) is 43.9 Å². The Kier molecular flexibility index (Phi) is 6.35. The molecule has 4 N–H and O–H groups in total. The van der Waals surface area contributed by atoms with Crippen LogP contribution in [0.15, 0.2) is 60.8 Å². The Bertz CT molecular complexity index is 1410. The van der Waals surface area contributed by atoms with Gasteiger partial charge in [0.25, 0.3) is 5.91 Å². The summed E-state index contributed by atoms with van der Waals surface area (Å²) >= 11 is 0. The number of hydrogen-bond acceptors (Lipinski definition) is 6. The number of carbonyl (C=O) groups is 2. The minimum atomic E-state index is -2.23. The van der Waals surface area contributed by atoms with Crippen molar-refractivity contribution in [1.29, 1.82) is 0 Å². The van der Waals surface area contributed by atoms with Crippen LogP contribution in [0.2, 0.25) is 0 Å². The zero-order valence-corrected chi connectivity index (χ0v) is 21.6. The molecule has 6 rings (SSSR count). The van der Waals surface area contributed by atoms with Crippen molar-refractivity contribution in [1.82, 2.24) is 4.98 Å². The summed E-state index contributed by atoms with van der Waals surface area (Å²) in [7, 11) is 1.52. The predicted molar refractivity (Wildman–Crippen MR) is 143 cm³/mol. The number of nitrogens with one attached hydrogen (secondary N) is 1. The summed E-state index contributed by atoms with van der Waals surface area (Å²) in [4.78, 5) is 31.9. The predicted octanol–water partition coefficient (Wildman–Crippen LogP) is 3.71. The van der Waals surface area contributed by atoms with Crippen molar-refractivity contribution in [2.75, 3.05) is 17.3 Å². The lowest BCUT2D eigenvalue weighted by atomic mass is 9.87. The number of rotatable bonds is 9. The van der Waals surface area contributed by atoms with Gasteiger partial charge in [0, 0.05) is 18.3 Å². The Balaban J connectivity index is 1.28. The van der Waals surface area contributed by atoms with E-state index in [4.69, 9.17) is 10.5 Å². The van der Waals surface area contributed by atoms with Gasteiger partial charge in [0.2, 0.25) is 17.4 Å². The van der Waals surface area contributed by atoms with Crippen molar-refractivity contribution in [2.24, 2.45) is 23.5 Å². The first-order chi connectivity index (χ1) is 18.8. The Morgan fingerprint density at radius 3 is 2.51 bits per heavy atom. The summed E-state index contributed by atoms with van der Waals surface area (Å²) in [6.45, 7) is 0.118. The summed E-state index contributed by atoms with van der Waals surface area (Å²) in [6, 6.07) is 14.6. The number of anilines is 2. The lowest BCUT2D eigenvalue weighted by molar-refractivity contribution is -0.132. The zero-order valence-electron chi connectivity index (χ0n) is 21.6. The molecule has 2 aromatic carbocycles. The maximum absolute atomic E-state index is 14.4. The molecule has 39 heavy (non-hydrogen) atoms. The molecule has 202 valence electrons. The molecule has 1 aliphatic heterocycles. The number of fused-ring (bicyclic) bond motifs is 1. The number of aliphatic hydroxyl groups is 1. The van der Waals surface area contributed by atoms with Crippen LogP contribution in [0.4, 0.5) is 15.8 Å². The number of ether oxygens (including phenoxy) is 1. The highest BCUT2D eigenvalue weighted by Gasteiger charge is 2.52. The van der Waals surface area contributed by atoms with Crippen LogP contribution in [0, 0.1) is 23.6 Å². The van der Waals surface area contributed by atoms with Crippen LogP contribution in [-0.4, -0.2) is 35.0 Å². The van der Waals surface area contributed by atoms with Crippen molar-refractivity contribution in [3.63, 3.8) is 0 Å². The Morgan fingerprint density at radius 1 is 1.15 bits per heavy atom. The molecule has 2 amide bonds. The number of likely N-dealkylation sites (N-methyl/N-ethyl adjacent to an activating group) is 1. The van der Waals surface area contributed by atoms with Crippen LogP contribution < -0.4 is 20.7 Å². The van der Waals surface area contributed by atoms with E-state index in [0.29, 0.717) is 23.2 Å². The minimum absolute atomic E-state index is 0.0492. The van der Waals surface area contributed by atoms with Crippen molar-refractivity contribution >= 4 is 23.2 Å². The number of nitrogens with zero attached hydrogens (tertiary/aromatic N) is 2. The van der Waals surface area contributed by atoms with Gasteiger partial charge in [-0.2, -0.15) is 0 Å². The van der Waals surface area contributed by atoms with Gasteiger partial charge >= 0.3 is 0 Å². The van der Waals surface area contributed by atoms with Gasteiger partial charge in [-0.05, 0) is 67.2 Å². The number of halogens is 1. The summed E-state index contributed by atoms with van der Waals surface area (Å²) in [5.41, 5.74) is 6.01. The van der Waals surface area contributed by atoms with Crippen molar-refractivity contribution in [3.8, 4) is 5.88 Å². The summed E-state index contributed by atoms with van der Waals surface area (Å²) < 4.78 is 20.2. The second-order valence-electron chi connectivity index (χ2n) is 10.9. The average molecular weight is 531 g/mol. The highest BCUT2D eigenvalue weighted by Crippen LogP contribution is 2.51. The Labute approximate surface area is 226 Å². The fraction of sp³-hybridized carbons (Fsp3) is 0.367. The zero-order chi connectivity index (χ0) is 27.3. The van der Waals surface area contributed by atoms with Crippen LogP contribution in [0.5, 0.6) is 5.88 Å².